The Balaban J connectivity index is 1.32. The number of aromatic hydroxyl groups is 1. The highest BCUT2D eigenvalue weighted by atomic mass is 32.2. The molecule has 0 spiro atoms. The Bertz CT molecular complexity index is 1300. The summed E-state index contributed by atoms with van der Waals surface area (Å²) in [5.74, 6) is 0.718. The molecular formula is C27H33N3O8S. The summed E-state index contributed by atoms with van der Waals surface area (Å²) in [5, 5.41) is 28.4. The van der Waals surface area contributed by atoms with Crippen LogP contribution in [-0.4, -0.2) is 51.4 Å². The molecule has 6 N–H and O–H groups in total. The van der Waals surface area contributed by atoms with Crippen molar-refractivity contribution in [3.63, 3.8) is 0 Å². The van der Waals surface area contributed by atoms with Crippen LogP contribution in [0.25, 0.3) is 0 Å². The Morgan fingerprint density at radius 1 is 0.974 bits per heavy atom. The van der Waals surface area contributed by atoms with Crippen molar-refractivity contribution in [2.24, 2.45) is 5.14 Å². The predicted molar refractivity (Wildman–Crippen MR) is 145 cm³/mol. The number of nitrogens with one attached hydrogen (secondary N) is 2. The van der Waals surface area contributed by atoms with Crippen LogP contribution in [0.3, 0.4) is 0 Å². The second-order valence-corrected chi connectivity index (χ2v) is 9.95. The third kappa shape index (κ3) is 10.9. The first kappa shape index (κ1) is 29.9. The van der Waals surface area contributed by atoms with Crippen LogP contribution in [0.4, 0.5) is 5.69 Å². The van der Waals surface area contributed by atoms with Crippen molar-refractivity contribution in [1.82, 2.24) is 5.32 Å². The summed E-state index contributed by atoms with van der Waals surface area (Å²) in [6.07, 6.45) is -0.0231. The summed E-state index contributed by atoms with van der Waals surface area (Å²) >= 11 is 0. The van der Waals surface area contributed by atoms with E-state index in [0.717, 1.165) is 17.5 Å². The molecule has 0 amide bonds. The summed E-state index contributed by atoms with van der Waals surface area (Å²) in [7, 11) is -3.83. The van der Waals surface area contributed by atoms with E-state index in [1.165, 1.54) is 6.07 Å². The number of aliphatic hydroxyl groups is 1. The Morgan fingerprint density at radius 3 is 2.51 bits per heavy atom. The first-order chi connectivity index (χ1) is 18.7. The number of anilines is 1. The lowest BCUT2D eigenvalue weighted by Gasteiger charge is -2.14. The zero-order valence-electron chi connectivity index (χ0n) is 21.3. The van der Waals surface area contributed by atoms with E-state index < -0.39 is 16.3 Å². The average Bonchev–Trinajstić information content (AvgIpc) is 2.90. The maximum atomic E-state index is 11.1. The normalized spacial score (nSPS) is 12.1. The van der Waals surface area contributed by atoms with Gasteiger partial charge in [0, 0.05) is 12.1 Å². The zero-order valence-corrected chi connectivity index (χ0v) is 22.1. The molecule has 11 nitrogen and oxygen atoms in total. The van der Waals surface area contributed by atoms with Gasteiger partial charge in [0.15, 0.2) is 0 Å². The Hall–Kier alpha value is -3.68. The SMILES string of the molecule is NS(=O)(=O)Nc1cccc(COCCOc2ccc(CCNC[C@H](O)c3ccc(O)c(COC=O)c3)cc2)c1. The molecule has 12 heteroatoms. The van der Waals surface area contributed by atoms with Crippen molar-refractivity contribution in [2.45, 2.75) is 25.7 Å². The van der Waals surface area contributed by atoms with Gasteiger partial charge in [-0.1, -0.05) is 30.3 Å². The molecule has 210 valence electrons. The topological polar surface area (TPSA) is 169 Å². The lowest BCUT2D eigenvalue weighted by atomic mass is 10.1. The van der Waals surface area contributed by atoms with Gasteiger partial charge in [0.1, 0.15) is 24.7 Å². The molecule has 0 heterocycles. The molecule has 0 bridgehead atoms. The lowest BCUT2D eigenvalue weighted by molar-refractivity contribution is -0.129. The standard InChI is InChI=1S/C27H33N3O8S/c28-39(34,35)30-24-3-1-2-21(14-24)17-36-12-13-38-25-7-4-20(5-8-25)10-11-29-16-27(33)22-6-9-26(32)23(15-22)18-37-19-31/h1-9,14-15,19,27,29-30,32-33H,10-13,16-18H2,(H2,28,34,35)/t27-/m0/s1. The summed E-state index contributed by atoms with van der Waals surface area (Å²) < 4.78 is 40.5. The number of hydrogen-bond donors (Lipinski definition) is 5. The van der Waals surface area contributed by atoms with Gasteiger partial charge in [-0.25, -0.2) is 5.14 Å². The third-order valence-electron chi connectivity index (χ3n) is 5.60. The van der Waals surface area contributed by atoms with E-state index in [4.69, 9.17) is 14.6 Å². The smallest absolute Gasteiger partial charge is 0.296 e. The fraction of sp³-hybridized carbons (Fsp3) is 0.296. The number of ether oxygens (including phenoxy) is 3. The predicted octanol–water partition coefficient (Wildman–Crippen LogP) is 2.14. The van der Waals surface area contributed by atoms with Crippen LogP contribution in [0.2, 0.25) is 0 Å². The fourth-order valence-electron chi connectivity index (χ4n) is 3.69. The molecular weight excluding hydrogens is 526 g/mol. The number of phenolic OH excluding ortho intramolecular Hbond substituents is 1. The minimum atomic E-state index is -3.83. The molecule has 0 saturated heterocycles. The maximum Gasteiger partial charge on any atom is 0.296 e. The van der Waals surface area contributed by atoms with Gasteiger partial charge >= 0.3 is 0 Å². The van der Waals surface area contributed by atoms with Gasteiger partial charge in [-0.3, -0.25) is 9.52 Å². The van der Waals surface area contributed by atoms with Gasteiger partial charge in [-0.2, -0.15) is 8.42 Å². The second-order valence-electron chi connectivity index (χ2n) is 8.66. The molecule has 0 aliphatic rings. The summed E-state index contributed by atoms with van der Waals surface area (Å²) in [6, 6.07) is 19.2. The van der Waals surface area contributed by atoms with E-state index in [2.05, 4.69) is 14.8 Å². The van der Waals surface area contributed by atoms with Crippen molar-refractivity contribution in [1.29, 1.82) is 0 Å². The van der Waals surface area contributed by atoms with E-state index in [1.807, 2.05) is 30.3 Å². The maximum absolute atomic E-state index is 11.1. The number of nitrogens with two attached hydrogens (primary N) is 1. The quantitative estimate of drug-likeness (QED) is 0.123. The van der Waals surface area contributed by atoms with Crippen molar-refractivity contribution in [2.75, 3.05) is 31.0 Å². The number of phenols is 1. The largest absolute Gasteiger partial charge is 0.508 e. The lowest BCUT2D eigenvalue weighted by Crippen LogP contribution is -2.23. The average molecular weight is 560 g/mol. The zero-order chi connectivity index (χ0) is 28.1. The van der Waals surface area contributed by atoms with Gasteiger partial charge in [-0.15, -0.1) is 0 Å². The summed E-state index contributed by atoms with van der Waals surface area (Å²) in [6.45, 7) is 2.23. The molecule has 0 saturated carbocycles. The number of carbonyl (C=O) groups is 1. The van der Waals surface area contributed by atoms with E-state index in [0.29, 0.717) is 61.9 Å². The minimum Gasteiger partial charge on any atom is -0.508 e. The van der Waals surface area contributed by atoms with Crippen LogP contribution in [0, 0.1) is 0 Å². The number of hydrogen-bond acceptors (Lipinski definition) is 9. The highest BCUT2D eigenvalue weighted by Crippen LogP contribution is 2.23. The number of benzene rings is 3. The van der Waals surface area contributed by atoms with Crippen LogP contribution in [0.15, 0.2) is 66.7 Å². The van der Waals surface area contributed by atoms with Crippen molar-refractivity contribution >= 4 is 22.4 Å². The Labute approximate surface area is 227 Å². The van der Waals surface area contributed by atoms with Crippen LogP contribution in [0.1, 0.15) is 28.4 Å². The first-order valence-corrected chi connectivity index (χ1v) is 13.7. The Morgan fingerprint density at radius 2 is 1.77 bits per heavy atom. The second kappa shape index (κ2) is 15.0. The molecule has 1 atom stereocenters. The van der Waals surface area contributed by atoms with Crippen LogP contribution in [-0.2, 0) is 44.1 Å². The number of aliphatic hydroxyl groups excluding tert-OH is 1. The first-order valence-electron chi connectivity index (χ1n) is 12.2. The molecule has 0 radical (unpaired) electrons. The molecule has 0 aliphatic carbocycles. The van der Waals surface area contributed by atoms with E-state index in [1.54, 1.807) is 30.3 Å². The third-order valence-corrected chi connectivity index (χ3v) is 6.12. The molecule has 3 aromatic carbocycles. The molecule has 39 heavy (non-hydrogen) atoms. The Kier molecular flexibility index (Phi) is 11.5. The minimum absolute atomic E-state index is 0.00371. The van der Waals surface area contributed by atoms with Gasteiger partial charge in [0.2, 0.25) is 0 Å². The fourth-order valence-corrected chi connectivity index (χ4v) is 4.15. The van der Waals surface area contributed by atoms with E-state index in [-0.39, 0.29) is 12.4 Å². The van der Waals surface area contributed by atoms with Crippen LogP contribution < -0.4 is 19.9 Å². The molecule has 0 unspecified atom stereocenters. The number of carbonyl (C=O) groups excluding carboxylic acids is 1. The van der Waals surface area contributed by atoms with Crippen molar-refractivity contribution in [3.05, 3.63) is 89.0 Å². The van der Waals surface area contributed by atoms with Crippen LogP contribution >= 0.6 is 0 Å². The summed E-state index contributed by atoms with van der Waals surface area (Å²) in [4.78, 5) is 10.4. The molecule has 0 fully saturated rings. The monoisotopic (exact) mass is 559 g/mol. The molecule has 3 aromatic rings. The van der Waals surface area contributed by atoms with E-state index >= 15 is 0 Å². The number of rotatable bonds is 17. The van der Waals surface area contributed by atoms with Crippen molar-refractivity contribution < 1.29 is 37.6 Å². The van der Waals surface area contributed by atoms with Crippen LogP contribution in [0.5, 0.6) is 11.5 Å². The van der Waals surface area contributed by atoms with Gasteiger partial charge in [0.25, 0.3) is 16.7 Å². The van der Waals surface area contributed by atoms with Crippen molar-refractivity contribution in [3.8, 4) is 11.5 Å². The van der Waals surface area contributed by atoms with Gasteiger partial charge in [0.05, 0.1) is 25.0 Å². The van der Waals surface area contributed by atoms with Gasteiger partial charge in [-0.05, 0) is 66.1 Å². The van der Waals surface area contributed by atoms with E-state index in [9.17, 15) is 23.4 Å². The summed E-state index contributed by atoms with van der Waals surface area (Å²) in [5.41, 5.74) is 3.31. The molecule has 3 rings (SSSR count). The molecule has 0 aliphatic heterocycles. The molecule has 0 aromatic heterocycles. The highest BCUT2D eigenvalue weighted by molar-refractivity contribution is 7.90. The highest BCUT2D eigenvalue weighted by Gasteiger charge is 2.11. The van der Waals surface area contributed by atoms with Gasteiger partial charge < -0.3 is 29.7 Å².